The van der Waals surface area contributed by atoms with Gasteiger partial charge in [0, 0.05) is 28.5 Å². The first kappa shape index (κ1) is 14.7. The van der Waals surface area contributed by atoms with E-state index in [1.54, 1.807) is 7.05 Å². The highest BCUT2D eigenvalue weighted by Gasteiger charge is 2.10. The van der Waals surface area contributed by atoms with Crippen LogP contribution in [-0.4, -0.2) is 28.8 Å². The van der Waals surface area contributed by atoms with Crippen LogP contribution in [0, 0.1) is 6.92 Å². The molecule has 106 valence electrons. The Balaban J connectivity index is 1.97. The average molecular weight is 308 g/mol. The van der Waals surface area contributed by atoms with Crippen LogP contribution in [0.2, 0.25) is 0 Å². The molecule has 0 spiro atoms. The number of fused-ring (bicyclic) bond motifs is 1. The fourth-order valence-corrected chi connectivity index (χ4v) is 2.80. The highest BCUT2D eigenvalue weighted by Crippen LogP contribution is 2.30. The fraction of sp³-hybridized carbons (Fsp3) is 0.231. The molecule has 0 aliphatic rings. The maximum atomic E-state index is 11.7. The van der Waals surface area contributed by atoms with Crippen molar-refractivity contribution in [1.29, 1.82) is 0 Å². The molecule has 0 radical (unpaired) electrons. The summed E-state index contributed by atoms with van der Waals surface area (Å²) in [4.78, 5) is 16.1. The first-order valence-corrected chi connectivity index (χ1v) is 7.48. The second-order valence-electron chi connectivity index (χ2n) is 4.17. The first-order chi connectivity index (χ1) is 9.61. The van der Waals surface area contributed by atoms with Crippen LogP contribution in [0.4, 0.5) is 0 Å². The number of para-hydroxylation sites is 1. The molecule has 0 atom stereocenters. The molecule has 0 saturated heterocycles. The molecule has 0 saturated carbocycles. The predicted octanol–water partition coefficient (Wildman–Crippen LogP) is 1.69. The van der Waals surface area contributed by atoms with Gasteiger partial charge in [-0.2, -0.15) is 0 Å². The minimum Gasteiger partial charge on any atom is -0.364 e. The van der Waals surface area contributed by atoms with Gasteiger partial charge >= 0.3 is 0 Å². The van der Waals surface area contributed by atoms with E-state index in [1.165, 1.54) is 11.8 Å². The van der Waals surface area contributed by atoms with Crippen LogP contribution in [0.25, 0.3) is 10.9 Å². The van der Waals surface area contributed by atoms with Gasteiger partial charge in [-0.05, 0) is 25.2 Å². The van der Waals surface area contributed by atoms with Crippen LogP contribution in [0.3, 0.4) is 0 Å². The van der Waals surface area contributed by atoms with E-state index in [0.29, 0.717) is 10.9 Å². The standard InChI is InChI=1S/C13H16N4OS2/c1-8-12(9-5-3-4-6-10(9)15-8)20-7-11(18)16-17-13(19)14-2/h3-6,15H,7H2,1-2H3,(H,16,18)(H2,14,17,19). The third kappa shape index (κ3) is 3.43. The van der Waals surface area contributed by atoms with E-state index in [4.69, 9.17) is 12.2 Å². The summed E-state index contributed by atoms with van der Waals surface area (Å²) in [5.41, 5.74) is 7.31. The second-order valence-corrected chi connectivity index (χ2v) is 5.56. The van der Waals surface area contributed by atoms with Gasteiger partial charge in [-0.1, -0.05) is 18.2 Å². The molecule has 2 rings (SSSR count). The van der Waals surface area contributed by atoms with Crippen LogP contribution < -0.4 is 16.2 Å². The van der Waals surface area contributed by atoms with E-state index in [-0.39, 0.29) is 5.91 Å². The SMILES string of the molecule is CNC(=S)NNC(=O)CSc1c(C)[nH]c2ccccc12. The number of rotatable bonds is 3. The van der Waals surface area contributed by atoms with Crippen LogP contribution in [0.15, 0.2) is 29.2 Å². The summed E-state index contributed by atoms with van der Waals surface area (Å²) in [5, 5.41) is 4.24. The van der Waals surface area contributed by atoms with E-state index in [0.717, 1.165) is 21.5 Å². The van der Waals surface area contributed by atoms with E-state index < -0.39 is 0 Å². The number of nitrogens with one attached hydrogen (secondary N) is 4. The van der Waals surface area contributed by atoms with Crippen LogP contribution in [-0.2, 0) is 4.79 Å². The van der Waals surface area contributed by atoms with Crippen molar-refractivity contribution in [2.45, 2.75) is 11.8 Å². The number of benzene rings is 1. The summed E-state index contributed by atoms with van der Waals surface area (Å²) in [6.45, 7) is 2.01. The van der Waals surface area contributed by atoms with Crippen molar-refractivity contribution < 1.29 is 4.79 Å². The molecule has 2 aromatic rings. The van der Waals surface area contributed by atoms with Crippen molar-refractivity contribution in [1.82, 2.24) is 21.2 Å². The average Bonchev–Trinajstić information content (AvgIpc) is 2.78. The Labute approximate surface area is 126 Å². The lowest BCUT2D eigenvalue weighted by Crippen LogP contribution is -2.46. The van der Waals surface area contributed by atoms with Gasteiger partial charge in [-0.25, -0.2) is 0 Å². The molecule has 0 bridgehead atoms. The molecule has 5 nitrogen and oxygen atoms in total. The molecule has 7 heteroatoms. The largest absolute Gasteiger partial charge is 0.364 e. The number of amides is 1. The van der Waals surface area contributed by atoms with Crippen LogP contribution in [0.5, 0.6) is 0 Å². The van der Waals surface area contributed by atoms with Crippen molar-refractivity contribution >= 4 is 45.9 Å². The first-order valence-electron chi connectivity index (χ1n) is 6.08. The third-order valence-electron chi connectivity index (χ3n) is 2.72. The molecule has 0 unspecified atom stereocenters. The molecule has 20 heavy (non-hydrogen) atoms. The summed E-state index contributed by atoms with van der Waals surface area (Å²) in [7, 11) is 1.69. The van der Waals surface area contributed by atoms with E-state index in [1.807, 2.05) is 31.2 Å². The molecule has 1 heterocycles. The lowest BCUT2D eigenvalue weighted by molar-refractivity contribution is -0.119. The molecule has 0 aliphatic carbocycles. The normalized spacial score (nSPS) is 10.3. The number of hydrogen-bond acceptors (Lipinski definition) is 3. The van der Waals surface area contributed by atoms with Gasteiger partial charge in [0.05, 0.1) is 5.75 Å². The number of aromatic amines is 1. The lowest BCUT2D eigenvalue weighted by atomic mass is 10.2. The predicted molar refractivity (Wildman–Crippen MR) is 86.7 cm³/mol. The van der Waals surface area contributed by atoms with Gasteiger partial charge in [0.25, 0.3) is 0 Å². The summed E-state index contributed by atoms with van der Waals surface area (Å²) in [6, 6.07) is 8.06. The topological polar surface area (TPSA) is 68.9 Å². The summed E-state index contributed by atoms with van der Waals surface area (Å²) < 4.78 is 0. The van der Waals surface area contributed by atoms with Crippen molar-refractivity contribution in [2.24, 2.45) is 0 Å². The Bertz CT molecular complexity index is 638. The Morgan fingerprint density at radius 3 is 2.85 bits per heavy atom. The quantitative estimate of drug-likeness (QED) is 0.395. The number of aromatic nitrogens is 1. The number of carbonyl (C=O) groups excluding carboxylic acids is 1. The van der Waals surface area contributed by atoms with Crippen molar-refractivity contribution in [3.63, 3.8) is 0 Å². The van der Waals surface area contributed by atoms with Crippen LogP contribution >= 0.6 is 24.0 Å². The van der Waals surface area contributed by atoms with Crippen molar-refractivity contribution in [2.75, 3.05) is 12.8 Å². The molecule has 1 aromatic carbocycles. The monoisotopic (exact) mass is 308 g/mol. The number of hydrazine groups is 1. The second kappa shape index (κ2) is 6.62. The maximum Gasteiger partial charge on any atom is 0.248 e. The Morgan fingerprint density at radius 1 is 1.35 bits per heavy atom. The highest BCUT2D eigenvalue weighted by molar-refractivity contribution is 8.00. The van der Waals surface area contributed by atoms with E-state index in [9.17, 15) is 4.79 Å². The van der Waals surface area contributed by atoms with Crippen LogP contribution in [0.1, 0.15) is 5.69 Å². The minimum absolute atomic E-state index is 0.128. The number of thioether (sulfide) groups is 1. The van der Waals surface area contributed by atoms with Gasteiger partial charge in [-0.15, -0.1) is 11.8 Å². The molecular formula is C13H16N4OS2. The number of hydrogen-bond donors (Lipinski definition) is 4. The van der Waals surface area contributed by atoms with Gasteiger partial charge < -0.3 is 10.3 Å². The number of aryl methyl sites for hydroxylation is 1. The van der Waals surface area contributed by atoms with Crippen molar-refractivity contribution in [3.8, 4) is 0 Å². The minimum atomic E-state index is -0.128. The maximum absolute atomic E-state index is 11.7. The number of H-pyrrole nitrogens is 1. The van der Waals surface area contributed by atoms with Gasteiger partial charge in [-0.3, -0.25) is 15.6 Å². The molecule has 0 fully saturated rings. The van der Waals surface area contributed by atoms with Gasteiger partial charge in [0.15, 0.2) is 5.11 Å². The Kier molecular flexibility index (Phi) is 4.86. The zero-order valence-electron chi connectivity index (χ0n) is 11.2. The number of carbonyl (C=O) groups is 1. The zero-order chi connectivity index (χ0) is 14.5. The Hall–Kier alpha value is -1.73. The van der Waals surface area contributed by atoms with Crippen molar-refractivity contribution in [3.05, 3.63) is 30.0 Å². The van der Waals surface area contributed by atoms with Gasteiger partial charge in [0.2, 0.25) is 5.91 Å². The summed E-state index contributed by atoms with van der Waals surface area (Å²) in [6.07, 6.45) is 0. The molecular weight excluding hydrogens is 292 g/mol. The summed E-state index contributed by atoms with van der Waals surface area (Å²) >= 11 is 6.38. The Morgan fingerprint density at radius 2 is 2.10 bits per heavy atom. The molecule has 4 N–H and O–H groups in total. The third-order valence-corrected chi connectivity index (χ3v) is 4.25. The molecule has 1 aromatic heterocycles. The van der Waals surface area contributed by atoms with E-state index in [2.05, 4.69) is 21.2 Å². The fourth-order valence-electron chi connectivity index (χ4n) is 1.80. The smallest absolute Gasteiger partial charge is 0.248 e. The van der Waals surface area contributed by atoms with E-state index >= 15 is 0 Å². The number of thiocarbonyl (C=S) groups is 1. The lowest BCUT2D eigenvalue weighted by Gasteiger charge is -2.08. The van der Waals surface area contributed by atoms with Gasteiger partial charge in [0.1, 0.15) is 0 Å². The molecule has 0 aliphatic heterocycles. The molecule has 1 amide bonds. The zero-order valence-corrected chi connectivity index (χ0v) is 12.9. The summed E-state index contributed by atoms with van der Waals surface area (Å²) in [5.74, 6) is 0.194. The highest BCUT2D eigenvalue weighted by atomic mass is 32.2.